The zero-order valence-electron chi connectivity index (χ0n) is 4.30. The standard InChI is InChI=1S/Mo.2H3N.4H2O/h;2*1H3;4*1H2. The third kappa shape index (κ3) is 635. The van der Waals surface area contributed by atoms with Crippen LogP contribution in [0.15, 0.2) is 0 Å². The molecule has 0 rings (SSSR count). The molecule has 14 N–H and O–H groups in total. The number of hydrogen-bond donors (Lipinski definition) is 2. The van der Waals surface area contributed by atoms with Gasteiger partial charge in [0.05, 0.1) is 0 Å². The summed E-state index contributed by atoms with van der Waals surface area (Å²) in [6.07, 6.45) is 0. The number of rotatable bonds is 0. The minimum Gasteiger partial charge on any atom is -0.870 e. The molecular weight excluding hydrogens is 188 g/mol. The van der Waals surface area contributed by atoms with Crippen molar-refractivity contribution in [2.24, 2.45) is 0 Å². The normalized spacial score (nSPS) is 0. The molecule has 0 amide bonds. The molecule has 0 heterocycles. The zero-order valence-corrected chi connectivity index (χ0v) is 6.31. The Morgan fingerprint density at radius 2 is 0.571 bits per heavy atom. The molecule has 0 aromatic heterocycles. The third-order valence-electron chi connectivity index (χ3n) is 0. The average molecular weight is 202 g/mol. The maximum absolute atomic E-state index is 0. The number of quaternary nitrogens is 2. The van der Waals surface area contributed by atoms with Crippen LogP contribution in [0.3, 0.4) is 0 Å². The molecular formula is H14MoN2O4. The summed E-state index contributed by atoms with van der Waals surface area (Å²) in [5.41, 5.74) is 0. The van der Waals surface area contributed by atoms with Gasteiger partial charge in [-0.05, 0) is 0 Å². The molecule has 0 fully saturated rings. The molecule has 0 aliphatic rings. The molecule has 6 nitrogen and oxygen atoms in total. The maximum Gasteiger partial charge on any atom is 0 e. The summed E-state index contributed by atoms with van der Waals surface area (Å²) >= 11 is 0. The second kappa shape index (κ2) is 952. The molecule has 0 aromatic carbocycles. The van der Waals surface area contributed by atoms with E-state index in [-0.39, 0.29) is 55.3 Å². The molecule has 0 atom stereocenters. The van der Waals surface area contributed by atoms with Gasteiger partial charge in [0, 0.05) is 21.1 Å². The first-order valence-corrected chi connectivity index (χ1v) is 0. The van der Waals surface area contributed by atoms with E-state index < -0.39 is 0 Å². The van der Waals surface area contributed by atoms with Gasteiger partial charge in [0.1, 0.15) is 0 Å². The topological polar surface area (TPSA) is 196 Å². The summed E-state index contributed by atoms with van der Waals surface area (Å²) < 4.78 is 0. The Labute approximate surface area is 56.0 Å². The molecule has 0 unspecified atom stereocenters. The van der Waals surface area contributed by atoms with E-state index in [9.17, 15) is 0 Å². The largest absolute Gasteiger partial charge is 0.870 e. The van der Waals surface area contributed by atoms with E-state index >= 15 is 0 Å². The predicted molar refractivity (Wildman–Crippen MR) is 23.1 cm³/mol. The van der Waals surface area contributed by atoms with Gasteiger partial charge in [0.15, 0.2) is 0 Å². The molecule has 0 radical (unpaired) electrons. The van der Waals surface area contributed by atoms with Crippen LogP contribution in [0.4, 0.5) is 0 Å². The number of hydrogen-bond acceptors (Lipinski definition) is 2. The Bertz CT molecular complexity index is 9.65. The summed E-state index contributed by atoms with van der Waals surface area (Å²) in [5.74, 6) is 0. The van der Waals surface area contributed by atoms with E-state index in [0.717, 1.165) is 0 Å². The van der Waals surface area contributed by atoms with E-state index in [1.54, 1.807) is 0 Å². The summed E-state index contributed by atoms with van der Waals surface area (Å²) in [5, 5.41) is 0. The molecule has 0 aliphatic carbocycles. The molecule has 7 heavy (non-hydrogen) atoms. The fourth-order valence-electron chi connectivity index (χ4n) is 0. The van der Waals surface area contributed by atoms with Crippen LogP contribution in [0.5, 0.6) is 0 Å². The van der Waals surface area contributed by atoms with E-state index in [0.29, 0.717) is 0 Å². The Morgan fingerprint density at radius 1 is 0.571 bits per heavy atom. The minimum atomic E-state index is 0. The fraction of sp³-hybridized carbons (Fsp3) is 0. The van der Waals surface area contributed by atoms with E-state index in [1.165, 1.54) is 0 Å². The second-order valence-corrected chi connectivity index (χ2v) is 0. The van der Waals surface area contributed by atoms with Crippen molar-refractivity contribution in [3.63, 3.8) is 0 Å². The van der Waals surface area contributed by atoms with Gasteiger partial charge in [-0.2, -0.15) is 0 Å². The molecule has 0 saturated heterocycles. The second-order valence-electron chi connectivity index (χ2n) is 0. The van der Waals surface area contributed by atoms with Gasteiger partial charge in [-0.25, -0.2) is 0 Å². The van der Waals surface area contributed by atoms with Crippen LogP contribution in [-0.4, -0.2) is 21.9 Å². The first-order chi connectivity index (χ1) is 0. The van der Waals surface area contributed by atoms with Crippen LogP contribution < -0.4 is 12.3 Å². The van der Waals surface area contributed by atoms with Crippen molar-refractivity contribution >= 4 is 0 Å². The molecule has 0 spiro atoms. The van der Waals surface area contributed by atoms with Crippen molar-refractivity contribution in [1.82, 2.24) is 12.3 Å². The van der Waals surface area contributed by atoms with E-state index in [4.69, 9.17) is 0 Å². The predicted octanol–water partition coefficient (Wildman–Crippen LogP) is -1.25. The third-order valence-corrected chi connectivity index (χ3v) is 0. The van der Waals surface area contributed by atoms with Crippen LogP contribution in [0.1, 0.15) is 0 Å². The van der Waals surface area contributed by atoms with Gasteiger partial charge in [0.25, 0.3) is 0 Å². The van der Waals surface area contributed by atoms with Crippen molar-refractivity contribution in [3.05, 3.63) is 0 Å². The molecule has 0 aliphatic heterocycles. The first kappa shape index (κ1) is 1540. The Balaban J connectivity index is 0. The molecule has 7 heteroatoms. The van der Waals surface area contributed by atoms with Crippen LogP contribution in [0.25, 0.3) is 0 Å². The van der Waals surface area contributed by atoms with Gasteiger partial charge in [-0.15, -0.1) is 0 Å². The average Bonchev–Trinajstić information content (AvgIpc) is 0. The quantitative estimate of drug-likeness (QED) is 0.462. The fourth-order valence-corrected chi connectivity index (χ4v) is 0. The van der Waals surface area contributed by atoms with Crippen molar-refractivity contribution in [2.75, 3.05) is 0 Å². The van der Waals surface area contributed by atoms with Crippen molar-refractivity contribution < 1.29 is 43.0 Å². The van der Waals surface area contributed by atoms with E-state index in [1.807, 2.05) is 0 Å². The van der Waals surface area contributed by atoms with Gasteiger partial charge in [-0.1, -0.05) is 0 Å². The zero-order chi connectivity index (χ0) is 0. The molecule has 54 valence electrons. The van der Waals surface area contributed by atoms with Gasteiger partial charge in [0.2, 0.25) is 0 Å². The van der Waals surface area contributed by atoms with Gasteiger partial charge < -0.3 is 34.2 Å². The maximum atomic E-state index is 0. The van der Waals surface area contributed by atoms with Crippen LogP contribution in [0.2, 0.25) is 0 Å². The molecule has 0 aromatic rings. The summed E-state index contributed by atoms with van der Waals surface area (Å²) in [7, 11) is 0. The monoisotopic (exact) mass is 204 g/mol. The van der Waals surface area contributed by atoms with Crippen molar-refractivity contribution in [1.29, 1.82) is 0 Å². The molecule has 0 saturated carbocycles. The Morgan fingerprint density at radius 3 is 0.571 bits per heavy atom. The first-order valence-electron chi connectivity index (χ1n) is 0. The smallest absolute Gasteiger partial charge is 0 e. The van der Waals surface area contributed by atoms with E-state index in [2.05, 4.69) is 0 Å². The van der Waals surface area contributed by atoms with Crippen molar-refractivity contribution in [3.8, 4) is 0 Å². The molecule has 0 bridgehead atoms. The van der Waals surface area contributed by atoms with Crippen molar-refractivity contribution in [2.45, 2.75) is 0 Å². The van der Waals surface area contributed by atoms with Gasteiger partial charge >= 0.3 is 0 Å². The minimum absolute atomic E-state index is 0. The van der Waals surface area contributed by atoms with Gasteiger partial charge in [-0.3, -0.25) is 0 Å². The Kier molecular flexibility index (Phi) is 210000. The van der Waals surface area contributed by atoms with Crippen LogP contribution in [0, 0.1) is 0 Å². The van der Waals surface area contributed by atoms with Crippen LogP contribution >= 0.6 is 0 Å². The SMILES string of the molecule is O.O.[Mo].[NH4+].[NH4+].[OH-].[OH-]. The van der Waals surface area contributed by atoms with Crippen LogP contribution in [-0.2, 0) is 21.1 Å². The summed E-state index contributed by atoms with van der Waals surface area (Å²) in [6.45, 7) is 0. The summed E-state index contributed by atoms with van der Waals surface area (Å²) in [4.78, 5) is 0. The summed E-state index contributed by atoms with van der Waals surface area (Å²) in [6, 6.07) is 0. The Hall–Kier alpha value is 0.448.